The highest BCUT2D eigenvalue weighted by Crippen LogP contribution is 2.33. The van der Waals surface area contributed by atoms with Gasteiger partial charge in [0.15, 0.2) is 0 Å². The van der Waals surface area contributed by atoms with E-state index in [9.17, 15) is 9.59 Å². The zero-order valence-electron chi connectivity index (χ0n) is 11.7. The zero-order valence-corrected chi connectivity index (χ0v) is 12.5. The van der Waals surface area contributed by atoms with Crippen LogP contribution in [0.5, 0.6) is 0 Å². The molecule has 1 aliphatic rings. The second kappa shape index (κ2) is 6.53. The molecular formula is C16H14N2O3S. The topological polar surface area (TPSA) is 67.4 Å². The van der Waals surface area contributed by atoms with E-state index in [1.807, 2.05) is 36.4 Å². The van der Waals surface area contributed by atoms with Gasteiger partial charge in [0.1, 0.15) is 6.61 Å². The van der Waals surface area contributed by atoms with Crippen molar-refractivity contribution in [1.29, 1.82) is 0 Å². The summed E-state index contributed by atoms with van der Waals surface area (Å²) in [4.78, 5) is 24.2. The fourth-order valence-corrected chi connectivity index (χ4v) is 2.83. The first-order valence-corrected chi connectivity index (χ1v) is 7.74. The summed E-state index contributed by atoms with van der Waals surface area (Å²) in [6, 6.07) is 14.8. The van der Waals surface area contributed by atoms with Crippen molar-refractivity contribution in [1.82, 2.24) is 0 Å². The minimum Gasteiger partial charge on any atom is -0.444 e. The van der Waals surface area contributed by atoms with E-state index in [4.69, 9.17) is 4.74 Å². The van der Waals surface area contributed by atoms with Crippen LogP contribution in [0.4, 0.5) is 16.2 Å². The van der Waals surface area contributed by atoms with Crippen molar-refractivity contribution in [3.05, 3.63) is 54.1 Å². The Kier molecular flexibility index (Phi) is 4.29. The van der Waals surface area contributed by atoms with Crippen LogP contribution in [0.25, 0.3) is 0 Å². The van der Waals surface area contributed by atoms with Crippen LogP contribution in [0.15, 0.2) is 53.4 Å². The van der Waals surface area contributed by atoms with Gasteiger partial charge in [0.2, 0.25) is 5.91 Å². The number of carbonyl (C=O) groups is 2. The summed E-state index contributed by atoms with van der Waals surface area (Å²) in [5.74, 6) is 0.375. The lowest BCUT2D eigenvalue weighted by Crippen LogP contribution is -2.19. The molecule has 22 heavy (non-hydrogen) atoms. The van der Waals surface area contributed by atoms with E-state index >= 15 is 0 Å². The van der Waals surface area contributed by atoms with E-state index in [0.717, 1.165) is 10.5 Å². The molecule has 0 aromatic heterocycles. The summed E-state index contributed by atoms with van der Waals surface area (Å²) in [7, 11) is 0. The van der Waals surface area contributed by atoms with Gasteiger partial charge in [-0.1, -0.05) is 30.3 Å². The van der Waals surface area contributed by atoms with Crippen LogP contribution in [0.1, 0.15) is 5.56 Å². The molecule has 2 aromatic rings. The van der Waals surface area contributed by atoms with Crippen molar-refractivity contribution in [2.24, 2.45) is 0 Å². The SMILES string of the molecule is O=C1CSc2ccc(NC(=O)OCc3ccccc3)cc2N1. The molecule has 0 spiro atoms. The average molecular weight is 314 g/mol. The van der Waals surface area contributed by atoms with E-state index in [2.05, 4.69) is 10.6 Å². The molecule has 112 valence electrons. The summed E-state index contributed by atoms with van der Waals surface area (Å²) >= 11 is 1.48. The number of hydrogen-bond acceptors (Lipinski definition) is 4. The Bertz CT molecular complexity index is 704. The van der Waals surface area contributed by atoms with Gasteiger partial charge in [0.05, 0.1) is 11.4 Å². The van der Waals surface area contributed by atoms with Gasteiger partial charge in [-0.25, -0.2) is 4.79 Å². The molecule has 0 aliphatic carbocycles. The maximum absolute atomic E-state index is 11.8. The zero-order chi connectivity index (χ0) is 15.4. The van der Waals surface area contributed by atoms with Gasteiger partial charge in [-0.05, 0) is 23.8 Å². The second-order valence-electron chi connectivity index (χ2n) is 4.73. The normalized spacial score (nSPS) is 13.0. The number of amides is 2. The maximum Gasteiger partial charge on any atom is 0.411 e. The minimum absolute atomic E-state index is 0.0405. The van der Waals surface area contributed by atoms with Crippen LogP contribution in [-0.4, -0.2) is 17.8 Å². The molecule has 1 aliphatic heterocycles. The Morgan fingerprint density at radius 2 is 2.05 bits per heavy atom. The number of benzene rings is 2. The van der Waals surface area contributed by atoms with Gasteiger partial charge in [-0.15, -0.1) is 11.8 Å². The van der Waals surface area contributed by atoms with Crippen LogP contribution in [0.2, 0.25) is 0 Å². The smallest absolute Gasteiger partial charge is 0.411 e. The van der Waals surface area contributed by atoms with E-state index in [0.29, 0.717) is 17.1 Å². The van der Waals surface area contributed by atoms with Gasteiger partial charge in [-0.2, -0.15) is 0 Å². The lowest BCUT2D eigenvalue weighted by molar-refractivity contribution is -0.113. The maximum atomic E-state index is 11.8. The largest absolute Gasteiger partial charge is 0.444 e. The molecule has 0 atom stereocenters. The summed E-state index contributed by atoms with van der Waals surface area (Å²) in [5.41, 5.74) is 2.22. The Balaban J connectivity index is 1.60. The Hall–Kier alpha value is -2.47. The number of carbonyl (C=O) groups excluding carboxylic acids is 2. The molecule has 0 saturated heterocycles. The lowest BCUT2D eigenvalue weighted by atomic mass is 10.2. The molecule has 0 radical (unpaired) electrons. The molecular weight excluding hydrogens is 300 g/mol. The molecule has 2 aromatic carbocycles. The summed E-state index contributed by atoms with van der Waals surface area (Å²) in [6.07, 6.45) is -0.529. The van der Waals surface area contributed by atoms with E-state index < -0.39 is 6.09 Å². The molecule has 6 heteroatoms. The molecule has 0 fully saturated rings. The predicted octanol–water partition coefficient (Wildman–Crippen LogP) is 3.48. The van der Waals surface area contributed by atoms with Crippen molar-refractivity contribution in [3.8, 4) is 0 Å². The van der Waals surface area contributed by atoms with Crippen LogP contribution in [0, 0.1) is 0 Å². The van der Waals surface area contributed by atoms with Gasteiger partial charge < -0.3 is 10.1 Å². The first-order valence-electron chi connectivity index (χ1n) is 6.75. The van der Waals surface area contributed by atoms with Crippen molar-refractivity contribution >= 4 is 35.1 Å². The fourth-order valence-electron chi connectivity index (χ4n) is 2.04. The number of hydrogen-bond donors (Lipinski definition) is 2. The van der Waals surface area contributed by atoms with Gasteiger partial charge in [0, 0.05) is 10.6 Å². The monoisotopic (exact) mass is 314 g/mol. The van der Waals surface area contributed by atoms with Crippen molar-refractivity contribution in [3.63, 3.8) is 0 Å². The van der Waals surface area contributed by atoms with Crippen LogP contribution in [-0.2, 0) is 16.1 Å². The summed E-state index contributed by atoms with van der Waals surface area (Å²) in [5, 5.41) is 5.43. The van der Waals surface area contributed by atoms with Gasteiger partial charge in [0.25, 0.3) is 0 Å². The van der Waals surface area contributed by atoms with Crippen LogP contribution >= 0.6 is 11.8 Å². The number of anilines is 2. The average Bonchev–Trinajstić information content (AvgIpc) is 2.53. The van der Waals surface area contributed by atoms with Crippen LogP contribution in [0.3, 0.4) is 0 Å². The van der Waals surface area contributed by atoms with E-state index in [-0.39, 0.29) is 12.5 Å². The fraction of sp³-hybridized carbons (Fsp3) is 0.125. The standard InChI is InChI=1S/C16H14N2O3S/c19-15-10-22-14-7-6-12(8-13(14)18-15)17-16(20)21-9-11-4-2-1-3-5-11/h1-8H,9-10H2,(H,17,20)(H,18,19). The minimum atomic E-state index is -0.529. The number of fused-ring (bicyclic) bond motifs is 1. The highest BCUT2D eigenvalue weighted by molar-refractivity contribution is 8.00. The first-order chi connectivity index (χ1) is 10.7. The molecule has 0 unspecified atom stereocenters. The number of rotatable bonds is 3. The van der Waals surface area contributed by atoms with Gasteiger partial charge >= 0.3 is 6.09 Å². The predicted molar refractivity (Wildman–Crippen MR) is 86.0 cm³/mol. The quantitative estimate of drug-likeness (QED) is 0.910. The lowest BCUT2D eigenvalue weighted by Gasteiger charge is -2.17. The number of nitrogens with one attached hydrogen (secondary N) is 2. The number of thioether (sulfide) groups is 1. The highest BCUT2D eigenvalue weighted by atomic mass is 32.2. The molecule has 0 saturated carbocycles. The molecule has 0 bridgehead atoms. The van der Waals surface area contributed by atoms with Crippen molar-refractivity contribution < 1.29 is 14.3 Å². The first kappa shape index (κ1) is 14.5. The molecule has 1 heterocycles. The summed E-state index contributed by atoms with van der Waals surface area (Å²) in [6.45, 7) is 0.213. The third-order valence-corrected chi connectivity index (χ3v) is 4.15. The Morgan fingerprint density at radius 3 is 2.86 bits per heavy atom. The van der Waals surface area contributed by atoms with Crippen molar-refractivity contribution in [2.45, 2.75) is 11.5 Å². The molecule has 5 nitrogen and oxygen atoms in total. The number of ether oxygens (including phenoxy) is 1. The van der Waals surface area contributed by atoms with E-state index in [1.54, 1.807) is 12.1 Å². The summed E-state index contributed by atoms with van der Waals surface area (Å²) < 4.78 is 5.15. The van der Waals surface area contributed by atoms with Gasteiger partial charge in [-0.3, -0.25) is 10.1 Å². The second-order valence-corrected chi connectivity index (χ2v) is 5.75. The van der Waals surface area contributed by atoms with Crippen LogP contribution < -0.4 is 10.6 Å². The molecule has 3 rings (SSSR count). The molecule has 2 amide bonds. The third kappa shape index (κ3) is 3.59. The molecule has 2 N–H and O–H groups in total. The Labute approximate surface area is 132 Å². The Morgan fingerprint density at radius 1 is 1.23 bits per heavy atom. The van der Waals surface area contributed by atoms with E-state index in [1.165, 1.54) is 11.8 Å². The van der Waals surface area contributed by atoms with Crippen molar-refractivity contribution in [2.75, 3.05) is 16.4 Å². The third-order valence-electron chi connectivity index (χ3n) is 3.07. The highest BCUT2D eigenvalue weighted by Gasteiger charge is 2.16.